The van der Waals surface area contributed by atoms with Crippen LogP contribution in [0.1, 0.15) is 24.3 Å². The zero-order valence-electron chi connectivity index (χ0n) is 11.6. The van der Waals surface area contributed by atoms with Crippen molar-refractivity contribution >= 4 is 22.9 Å². The molecule has 3 heteroatoms. The van der Waals surface area contributed by atoms with Crippen LogP contribution in [0.2, 0.25) is 4.34 Å². The first-order chi connectivity index (χ1) is 9.04. The van der Waals surface area contributed by atoms with Gasteiger partial charge in [-0.05, 0) is 31.2 Å². The SMILES string of the molecule is CNC(Cc1ccc(Cl)s1)C(C)(C)c1ccccc1. The lowest BCUT2D eigenvalue weighted by Gasteiger charge is -2.34. The molecule has 1 heterocycles. The van der Waals surface area contributed by atoms with Crippen LogP contribution in [0, 0.1) is 0 Å². The number of likely N-dealkylation sites (N-methyl/N-ethyl adjacent to an activating group) is 1. The zero-order valence-corrected chi connectivity index (χ0v) is 13.2. The van der Waals surface area contributed by atoms with Gasteiger partial charge in [-0.25, -0.2) is 0 Å². The highest BCUT2D eigenvalue weighted by atomic mass is 35.5. The molecule has 0 aliphatic heterocycles. The molecular formula is C16H20ClNS. The van der Waals surface area contributed by atoms with Crippen LogP contribution in [-0.4, -0.2) is 13.1 Å². The first-order valence-electron chi connectivity index (χ1n) is 6.51. The lowest BCUT2D eigenvalue weighted by molar-refractivity contribution is 0.358. The molecule has 1 atom stereocenters. The Morgan fingerprint density at radius 1 is 1.16 bits per heavy atom. The highest BCUT2D eigenvalue weighted by molar-refractivity contribution is 7.16. The van der Waals surface area contributed by atoms with Crippen LogP contribution < -0.4 is 5.32 Å². The van der Waals surface area contributed by atoms with Crippen LogP contribution in [0.4, 0.5) is 0 Å². The molecule has 1 unspecified atom stereocenters. The van der Waals surface area contributed by atoms with Crippen molar-refractivity contribution in [2.75, 3.05) is 7.05 Å². The normalized spacial score (nSPS) is 13.5. The second-order valence-electron chi connectivity index (χ2n) is 5.34. The van der Waals surface area contributed by atoms with Crippen molar-refractivity contribution in [2.24, 2.45) is 0 Å². The summed E-state index contributed by atoms with van der Waals surface area (Å²) in [6.45, 7) is 4.58. The minimum Gasteiger partial charge on any atom is -0.316 e. The minimum absolute atomic E-state index is 0.0759. The molecule has 1 aromatic carbocycles. The van der Waals surface area contributed by atoms with E-state index in [9.17, 15) is 0 Å². The summed E-state index contributed by atoms with van der Waals surface area (Å²) in [5.74, 6) is 0. The standard InChI is InChI=1S/C16H20ClNS/c1-16(2,12-7-5-4-6-8-12)14(18-3)11-13-9-10-15(17)19-13/h4-10,14,18H,11H2,1-3H3. The first kappa shape index (κ1) is 14.6. The topological polar surface area (TPSA) is 12.0 Å². The largest absolute Gasteiger partial charge is 0.316 e. The predicted molar refractivity (Wildman–Crippen MR) is 85.3 cm³/mol. The van der Waals surface area contributed by atoms with Gasteiger partial charge in [-0.2, -0.15) is 0 Å². The van der Waals surface area contributed by atoms with E-state index in [-0.39, 0.29) is 5.41 Å². The summed E-state index contributed by atoms with van der Waals surface area (Å²) in [6.07, 6.45) is 0.996. The molecule has 102 valence electrons. The summed E-state index contributed by atoms with van der Waals surface area (Å²) in [4.78, 5) is 1.33. The predicted octanol–water partition coefficient (Wildman–Crippen LogP) is 4.51. The molecule has 0 spiro atoms. The number of thiophene rings is 1. The van der Waals surface area contributed by atoms with Gasteiger partial charge in [0.25, 0.3) is 0 Å². The maximum Gasteiger partial charge on any atom is 0.0931 e. The van der Waals surface area contributed by atoms with Gasteiger partial charge in [-0.15, -0.1) is 11.3 Å². The summed E-state index contributed by atoms with van der Waals surface area (Å²) in [5, 5.41) is 3.46. The van der Waals surface area contributed by atoms with Gasteiger partial charge in [-0.1, -0.05) is 55.8 Å². The number of rotatable bonds is 5. The van der Waals surface area contributed by atoms with E-state index in [0.29, 0.717) is 6.04 Å². The number of hydrogen-bond donors (Lipinski definition) is 1. The molecule has 1 N–H and O–H groups in total. The molecular weight excluding hydrogens is 274 g/mol. The fourth-order valence-electron chi connectivity index (χ4n) is 2.45. The molecule has 0 fully saturated rings. The maximum absolute atomic E-state index is 6.02. The van der Waals surface area contributed by atoms with Gasteiger partial charge in [0.15, 0.2) is 0 Å². The molecule has 2 aromatic rings. The van der Waals surface area contributed by atoms with Gasteiger partial charge in [0.1, 0.15) is 0 Å². The van der Waals surface area contributed by atoms with E-state index in [0.717, 1.165) is 10.8 Å². The molecule has 0 saturated heterocycles. The fraction of sp³-hybridized carbons (Fsp3) is 0.375. The van der Waals surface area contributed by atoms with E-state index in [4.69, 9.17) is 11.6 Å². The lowest BCUT2D eigenvalue weighted by Crippen LogP contribution is -2.44. The van der Waals surface area contributed by atoms with Crippen LogP contribution in [0.5, 0.6) is 0 Å². The van der Waals surface area contributed by atoms with Crippen molar-refractivity contribution in [3.8, 4) is 0 Å². The Morgan fingerprint density at radius 3 is 2.37 bits per heavy atom. The van der Waals surface area contributed by atoms with E-state index in [1.165, 1.54) is 10.4 Å². The van der Waals surface area contributed by atoms with Crippen molar-refractivity contribution in [2.45, 2.75) is 31.7 Å². The third kappa shape index (κ3) is 3.38. The molecule has 0 saturated carbocycles. The van der Waals surface area contributed by atoms with Crippen molar-refractivity contribution in [3.63, 3.8) is 0 Å². The second kappa shape index (κ2) is 6.08. The molecule has 1 nitrogen and oxygen atoms in total. The highest BCUT2D eigenvalue weighted by Gasteiger charge is 2.30. The van der Waals surface area contributed by atoms with Gasteiger partial charge in [0.2, 0.25) is 0 Å². The summed E-state index contributed by atoms with van der Waals surface area (Å²) in [7, 11) is 2.03. The van der Waals surface area contributed by atoms with Crippen LogP contribution in [0.3, 0.4) is 0 Å². The molecule has 0 amide bonds. The maximum atomic E-state index is 6.02. The summed E-state index contributed by atoms with van der Waals surface area (Å²) < 4.78 is 0.863. The second-order valence-corrected chi connectivity index (χ2v) is 7.14. The Kier molecular flexibility index (Phi) is 4.67. The van der Waals surface area contributed by atoms with Crippen LogP contribution >= 0.6 is 22.9 Å². The molecule has 1 aromatic heterocycles. The number of hydrogen-bond acceptors (Lipinski definition) is 2. The average Bonchev–Trinajstić information content (AvgIpc) is 2.82. The third-order valence-corrected chi connectivity index (χ3v) is 5.03. The van der Waals surface area contributed by atoms with Crippen LogP contribution in [0.25, 0.3) is 0 Å². The number of benzene rings is 1. The first-order valence-corrected chi connectivity index (χ1v) is 7.70. The van der Waals surface area contributed by atoms with Gasteiger partial charge in [0, 0.05) is 16.3 Å². The lowest BCUT2D eigenvalue weighted by atomic mass is 9.76. The van der Waals surface area contributed by atoms with Gasteiger partial charge in [0.05, 0.1) is 4.34 Å². The summed E-state index contributed by atoms with van der Waals surface area (Å²) >= 11 is 7.68. The van der Waals surface area contributed by atoms with Gasteiger partial charge >= 0.3 is 0 Å². The Labute approximate surface area is 124 Å². The van der Waals surface area contributed by atoms with E-state index in [1.807, 2.05) is 13.1 Å². The Hall–Kier alpha value is -0.830. The number of nitrogens with one attached hydrogen (secondary N) is 1. The zero-order chi connectivity index (χ0) is 13.9. The molecule has 19 heavy (non-hydrogen) atoms. The van der Waals surface area contributed by atoms with E-state index >= 15 is 0 Å². The van der Waals surface area contributed by atoms with E-state index in [1.54, 1.807) is 11.3 Å². The van der Waals surface area contributed by atoms with Crippen molar-refractivity contribution in [1.29, 1.82) is 0 Å². The van der Waals surface area contributed by atoms with Crippen LogP contribution in [0.15, 0.2) is 42.5 Å². The van der Waals surface area contributed by atoms with E-state index < -0.39 is 0 Å². The quantitative estimate of drug-likeness (QED) is 0.855. The minimum atomic E-state index is 0.0759. The monoisotopic (exact) mass is 293 g/mol. The third-order valence-electron chi connectivity index (χ3n) is 3.77. The summed E-state index contributed by atoms with van der Waals surface area (Å²) in [6, 6.07) is 15.1. The van der Waals surface area contributed by atoms with Crippen molar-refractivity contribution in [3.05, 3.63) is 57.2 Å². The Morgan fingerprint density at radius 2 is 1.84 bits per heavy atom. The molecule has 2 rings (SSSR count). The van der Waals surface area contributed by atoms with Crippen LogP contribution in [-0.2, 0) is 11.8 Å². The average molecular weight is 294 g/mol. The Balaban J connectivity index is 2.21. The van der Waals surface area contributed by atoms with E-state index in [2.05, 4.69) is 55.6 Å². The van der Waals surface area contributed by atoms with Gasteiger partial charge < -0.3 is 5.32 Å². The fourth-order valence-corrected chi connectivity index (χ4v) is 3.58. The molecule has 0 aliphatic rings. The highest BCUT2D eigenvalue weighted by Crippen LogP contribution is 2.31. The molecule has 0 bridgehead atoms. The summed E-state index contributed by atoms with van der Waals surface area (Å²) in [5.41, 5.74) is 1.43. The molecule has 0 radical (unpaired) electrons. The van der Waals surface area contributed by atoms with Crippen molar-refractivity contribution < 1.29 is 0 Å². The van der Waals surface area contributed by atoms with Crippen molar-refractivity contribution in [1.82, 2.24) is 5.32 Å². The smallest absolute Gasteiger partial charge is 0.0931 e. The number of halogens is 1. The Bertz CT molecular complexity index is 519. The molecule has 0 aliphatic carbocycles. The van der Waals surface area contributed by atoms with Gasteiger partial charge in [-0.3, -0.25) is 0 Å².